The Morgan fingerprint density at radius 1 is 1.30 bits per heavy atom. The number of hydrogen-bond donors (Lipinski definition) is 1. The Morgan fingerprint density at radius 2 is 2.05 bits per heavy atom. The van der Waals surface area contributed by atoms with Crippen LogP contribution in [-0.2, 0) is 6.42 Å². The fourth-order valence-corrected chi connectivity index (χ4v) is 2.97. The monoisotopic (exact) mass is 290 g/mol. The summed E-state index contributed by atoms with van der Waals surface area (Å²) in [5.41, 5.74) is 1.26. The van der Waals surface area contributed by atoms with E-state index in [1.165, 1.54) is 10.4 Å². The summed E-state index contributed by atoms with van der Waals surface area (Å²) < 4.78 is 5.17. The van der Waals surface area contributed by atoms with Crippen LogP contribution in [0.3, 0.4) is 0 Å². The average molecular weight is 290 g/mol. The molecule has 1 aromatic carbocycles. The van der Waals surface area contributed by atoms with Gasteiger partial charge in [0, 0.05) is 23.5 Å². The van der Waals surface area contributed by atoms with Gasteiger partial charge < -0.3 is 10.1 Å². The van der Waals surface area contributed by atoms with Crippen molar-refractivity contribution in [3.63, 3.8) is 0 Å². The first-order chi connectivity index (χ1) is 9.72. The molecule has 1 N–H and O–H groups in total. The molecular formula is C16H22N2OS. The van der Waals surface area contributed by atoms with E-state index in [0.717, 1.165) is 30.1 Å². The molecule has 0 aliphatic rings. The third-order valence-electron chi connectivity index (χ3n) is 3.21. The predicted molar refractivity (Wildman–Crippen MR) is 84.6 cm³/mol. The lowest BCUT2D eigenvalue weighted by molar-refractivity contribution is 0.414. The van der Waals surface area contributed by atoms with Gasteiger partial charge in [-0.25, -0.2) is 4.98 Å². The van der Waals surface area contributed by atoms with Crippen LogP contribution >= 0.6 is 11.3 Å². The highest BCUT2D eigenvalue weighted by atomic mass is 32.1. The van der Waals surface area contributed by atoms with E-state index in [4.69, 9.17) is 4.74 Å². The zero-order valence-electron chi connectivity index (χ0n) is 12.3. The van der Waals surface area contributed by atoms with Crippen LogP contribution in [0.2, 0.25) is 0 Å². The van der Waals surface area contributed by atoms with Gasteiger partial charge in [0.1, 0.15) is 5.75 Å². The molecule has 0 saturated carbocycles. The van der Waals surface area contributed by atoms with Crippen molar-refractivity contribution in [3.8, 4) is 5.75 Å². The van der Waals surface area contributed by atoms with Crippen molar-refractivity contribution in [2.45, 2.75) is 32.7 Å². The Bertz CT molecular complexity index is 522. The molecule has 20 heavy (non-hydrogen) atoms. The van der Waals surface area contributed by atoms with E-state index in [-0.39, 0.29) is 0 Å². The van der Waals surface area contributed by atoms with E-state index < -0.39 is 0 Å². The van der Waals surface area contributed by atoms with Gasteiger partial charge in [0.2, 0.25) is 0 Å². The molecule has 4 heteroatoms. The molecule has 0 amide bonds. The maximum absolute atomic E-state index is 5.17. The number of benzene rings is 1. The third-order valence-corrected chi connectivity index (χ3v) is 4.39. The number of nitrogens with one attached hydrogen (secondary N) is 1. The van der Waals surface area contributed by atoms with Crippen LogP contribution in [0.15, 0.2) is 30.5 Å². The smallest absolute Gasteiger partial charge is 0.118 e. The van der Waals surface area contributed by atoms with Crippen LogP contribution in [0.1, 0.15) is 41.8 Å². The van der Waals surface area contributed by atoms with E-state index in [2.05, 4.69) is 36.3 Å². The van der Waals surface area contributed by atoms with Crippen molar-refractivity contribution in [2.24, 2.45) is 0 Å². The van der Waals surface area contributed by atoms with Crippen molar-refractivity contribution < 1.29 is 4.74 Å². The molecule has 2 rings (SSSR count). The van der Waals surface area contributed by atoms with Gasteiger partial charge in [-0.2, -0.15) is 0 Å². The van der Waals surface area contributed by atoms with Gasteiger partial charge in [-0.1, -0.05) is 19.1 Å². The molecule has 0 aliphatic heterocycles. The first-order valence-corrected chi connectivity index (χ1v) is 7.85. The number of rotatable bonds is 7. The van der Waals surface area contributed by atoms with Gasteiger partial charge in [0.05, 0.1) is 12.1 Å². The highest BCUT2D eigenvalue weighted by molar-refractivity contribution is 7.11. The minimum atomic E-state index is 0.386. The number of methoxy groups -OCH3 is 1. The van der Waals surface area contributed by atoms with Gasteiger partial charge in [-0.15, -0.1) is 11.3 Å². The van der Waals surface area contributed by atoms with Crippen LogP contribution < -0.4 is 10.1 Å². The molecule has 108 valence electrons. The summed E-state index contributed by atoms with van der Waals surface area (Å²) in [6.07, 6.45) is 4.04. The van der Waals surface area contributed by atoms with E-state index >= 15 is 0 Å². The highest BCUT2D eigenvalue weighted by Crippen LogP contribution is 2.23. The molecule has 0 aliphatic carbocycles. The van der Waals surface area contributed by atoms with Gasteiger partial charge >= 0.3 is 0 Å². The molecule has 1 aromatic heterocycles. The summed E-state index contributed by atoms with van der Waals surface area (Å²) in [7, 11) is 1.69. The molecule has 0 radical (unpaired) electrons. The fraction of sp³-hybridized carbons (Fsp3) is 0.438. The number of aromatic nitrogens is 1. The lowest BCUT2D eigenvalue weighted by Crippen LogP contribution is -2.18. The Kier molecular flexibility index (Phi) is 5.56. The second kappa shape index (κ2) is 7.41. The number of hydrogen-bond acceptors (Lipinski definition) is 4. The van der Waals surface area contributed by atoms with Gasteiger partial charge in [0.25, 0.3) is 0 Å². The summed E-state index contributed by atoms with van der Waals surface area (Å²) in [5, 5.41) is 4.66. The quantitative estimate of drug-likeness (QED) is 0.842. The lowest BCUT2D eigenvalue weighted by Gasteiger charge is -2.09. The van der Waals surface area contributed by atoms with Crippen molar-refractivity contribution in [2.75, 3.05) is 13.7 Å². The zero-order valence-corrected chi connectivity index (χ0v) is 13.2. The van der Waals surface area contributed by atoms with Crippen molar-refractivity contribution in [1.82, 2.24) is 10.3 Å². The second-order valence-corrected chi connectivity index (χ2v) is 6.00. The van der Waals surface area contributed by atoms with Gasteiger partial charge in [0.15, 0.2) is 0 Å². The lowest BCUT2D eigenvalue weighted by atomic mass is 10.1. The summed E-state index contributed by atoms with van der Waals surface area (Å²) in [6, 6.07) is 8.57. The standard InChI is InChI=1S/C16H22N2OS/c1-4-9-17-12(2)15-11-18-16(20-15)10-13-5-7-14(19-3)8-6-13/h5-8,11-12,17H,4,9-10H2,1-3H3. The first kappa shape index (κ1) is 15.0. The van der Waals surface area contributed by atoms with Gasteiger partial charge in [-0.3, -0.25) is 0 Å². The Balaban J connectivity index is 1.97. The molecule has 2 aromatic rings. The molecule has 0 saturated heterocycles. The summed E-state index contributed by atoms with van der Waals surface area (Å²) in [6.45, 7) is 5.43. The maximum Gasteiger partial charge on any atom is 0.118 e. The fourth-order valence-electron chi connectivity index (χ4n) is 1.99. The molecular weight excluding hydrogens is 268 g/mol. The second-order valence-electron chi connectivity index (χ2n) is 4.86. The Morgan fingerprint density at radius 3 is 2.70 bits per heavy atom. The van der Waals surface area contributed by atoms with E-state index in [0.29, 0.717) is 6.04 Å². The average Bonchev–Trinajstić information content (AvgIpc) is 2.94. The van der Waals surface area contributed by atoms with Crippen molar-refractivity contribution >= 4 is 11.3 Å². The van der Waals surface area contributed by atoms with E-state index in [1.54, 1.807) is 18.4 Å². The normalized spacial score (nSPS) is 12.3. The molecule has 1 atom stereocenters. The molecule has 1 heterocycles. The topological polar surface area (TPSA) is 34.2 Å². The molecule has 1 unspecified atom stereocenters. The van der Waals surface area contributed by atoms with Crippen LogP contribution in [0.4, 0.5) is 0 Å². The zero-order chi connectivity index (χ0) is 14.4. The SMILES string of the molecule is CCCNC(C)c1cnc(Cc2ccc(OC)cc2)s1. The van der Waals surface area contributed by atoms with E-state index in [9.17, 15) is 0 Å². The van der Waals surface area contributed by atoms with Crippen LogP contribution in [-0.4, -0.2) is 18.6 Å². The van der Waals surface area contributed by atoms with Crippen molar-refractivity contribution in [3.05, 3.63) is 45.9 Å². The molecule has 0 fully saturated rings. The third kappa shape index (κ3) is 4.05. The summed E-state index contributed by atoms with van der Waals surface area (Å²) in [4.78, 5) is 5.84. The maximum atomic E-state index is 5.17. The Labute approximate surface area is 125 Å². The van der Waals surface area contributed by atoms with Crippen LogP contribution in [0.5, 0.6) is 5.75 Å². The molecule has 0 bridgehead atoms. The van der Waals surface area contributed by atoms with Gasteiger partial charge in [-0.05, 0) is 37.6 Å². The van der Waals surface area contributed by atoms with Crippen molar-refractivity contribution in [1.29, 1.82) is 0 Å². The molecule has 3 nitrogen and oxygen atoms in total. The predicted octanol–water partition coefficient (Wildman–Crippen LogP) is 3.80. The van der Waals surface area contributed by atoms with Crippen LogP contribution in [0.25, 0.3) is 0 Å². The summed E-state index contributed by atoms with van der Waals surface area (Å²) in [5.74, 6) is 0.894. The minimum Gasteiger partial charge on any atom is -0.497 e. The first-order valence-electron chi connectivity index (χ1n) is 7.03. The number of thiazole rings is 1. The van der Waals surface area contributed by atoms with E-state index in [1.807, 2.05) is 18.3 Å². The Hall–Kier alpha value is -1.39. The largest absolute Gasteiger partial charge is 0.497 e. The van der Waals surface area contributed by atoms with Crippen LogP contribution in [0, 0.1) is 0 Å². The minimum absolute atomic E-state index is 0.386. The molecule has 0 spiro atoms. The summed E-state index contributed by atoms with van der Waals surface area (Å²) >= 11 is 1.79. The number of nitrogens with zero attached hydrogens (tertiary/aromatic N) is 1. The highest BCUT2D eigenvalue weighted by Gasteiger charge is 2.09. The number of ether oxygens (including phenoxy) is 1.